The van der Waals surface area contributed by atoms with Gasteiger partial charge in [0, 0.05) is 11.1 Å². The van der Waals surface area contributed by atoms with Crippen LogP contribution in [-0.2, 0) is 0 Å². The molecule has 0 bridgehead atoms. The summed E-state index contributed by atoms with van der Waals surface area (Å²) in [5.41, 5.74) is -1.09. The Bertz CT molecular complexity index is 374. The first-order valence-electron chi connectivity index (χ1n) is 3.67. The zero-order valence-electron chi connectivity index (χ0n) is 6.91. The molecule has 3 nitrogen and oxygen atoms in total. The summed E-state index contributed by atoms with van der Waals surface area (Å²) < 4.78 is 24.6. The molecule has 0 aliphatic rings. The number of aldehydes is 1. The monoisotopic (exact) mass is 200 g/mol. The van der Waals surface area contributed by atoms with Gasteiger partial charge in [0.05, 0.1) is 5.56 Å². The van der Waals surface area contributed by atoms with E-state index in [1.54, 1.807) is 0 Å². The van der Waals surface area contributed by atoms with Gasteiger partial charge in [0.25, 0.3) is 6.43 Å². The van der Waals surface area contributed by atoms with Crippen LogP contribution < -0.4 is 0 Å². The highest BCUT2D eigenvalue weighted by atomic mass is 19.3. The van der Waals surface area contributed by atoms with Crippen molar-refractivity contribution < 1.29 is 23.5 Å². The SMILES string of the molecule is O=Cc1ccc(C(=O)O)c(C(F)F)c1. The molecule has 0 saturated carbocycles. The molecule has 14 heavy (non-hydrogen) atoms. The molecule has 0 aliphatic carbocycles. The van der Waals surface area contributed by atoms with Crippen LogP contribution in [-0.4, -0.2) is 17.4 Å². The summed E-state index contributed by atoms with van der Waals surface area (Å²) in [4.78, 5) is 20.8. The Kier molecular flexibility index (Phi) is 2.91. The van der Waals surface area contributed by atoms with Crippen molar-refractivity contribution in [3.05, 3.63) is 34.9 Å². The molecule has 5 heteroatoms. The van der Waals surface area contributed by atoms with Gasteiger partial charge in [0.15, 0.2) is 0 Å². The predicted molar refractivity (Wildman–Crippen MR) is 43.7 cm³/mol. The Morgan fingerprint density at radius 2 is 2.07 bits per heavy atom. The first-order chi connectivity index (χ1) is 6.56. The zero-order valence-corrected chi connectivity index (χ0v) is 6.91. The number of carbonyl (C=O) groups excluding carboxylic acids is 1. The Morgan fingerprint density at radius 3 is 2.50 bits per heavy atom. The van der Waals surface area contributed by atoms with Gasteiger partial charge in [-0.1, -0.05) is 6.07 Å². The lowest BCUT2D eigenvalue weighted by molar-refractivity contribution is 0.0684. The third-order valence-corrected chi connectivity index (χ3v) is 1.68. The highest BCUT2D eigenvalue weighted by molar-refractivity contribution is 5.90. The average Bonchev–Trinajstić information content (AvgIpc) is 2.16. The Balaban J connectivity index is 3.30. The fourth-order valence-electron chi connectivity index (χ4n) is 1.03. The van der Waals surface area contributed by atoms with Crippen molar-refractivity contribution >= 4 is 12.3 Å². The van der Waals surface area contributed by atoms with Crippen LogP contribution in [0.5, 0.6) is 0 Å². The molecule has 1 rings (SSSR count). The second-order valence-electron chi connectivity index (χ2n) is 2.57. The van der Waals surface area contributed by atoms with Crippen LogP contribution in [0.1, 0.15) is 32.7 Å². The lowest BCUT2D eigenvalue weighted by Crippen LogP contribution is -2.03. The van der Waals surface area contributed by atoms with Gasteiger partial charge in [0.2, 0.25) is 0 Å². The molecular formula is C9H6F2O3. The second kappa shape index (κ2) is 3.95. The van der Waals surface area contributed by atoms with E-state index in [1.165, 1.54) is 6.07 Å². The molecule has 0 atom stereocenters. The van der Waals surface area contributed by atoms with Gasteiger partial charge in [-0.2, -0.15) is 0 Å². The van der Waals surface area contributed by atoms with E-state index in [4.69, 9.17) is 5.11 Å². The lowest BCUT2D eigenvalue weighted by atomic mass is 10.0. The molecular weight excluding hydrogens is 194 g/mol. The summed E-state index contributed by atoms with van der Waals surface area (Å²) in [6.45, 7) is 0. The van der Waals surface area contributed by atoms with Crippen molar-refractivity contribution in [3.8, 4) is 0 Å². The number of halogens is 2. The molecule has 0 saturated heterocycles. The maximum atomic E-state index is 12.3. The quantitative estimate of drug-likeness (QED) is 0.760. The molecule has 0 amide bonds. The number of rotatable bonds is 3. The summed E-state index contributed by atoms with van der Waals surface area (Å²) in [5.74, 6) is -1.43. The van der Waals surface area contributed by atoms with Crippen LogP contribution in [0.2, 0.25) is 0 Å². The summed E-state index contributed by atoms with van der Waals surface area (Å²) in [7, 11) is 0. The zero-order chi connectivity index (χ0) is 10.7. The highest BCUT2D eigenvalue weighted by Crippen LogP contribution is 2.23. The highest BCUT2D eigenvalue weighted by Gasteiger charge is 2.17. The Labute approximate surface area is 78.0 Å². The number of alkyl halides is 2. The van der Waals surface area contributed by atoms with Crippen molar-refractivity contribution in [2.45, 2.75) is 6.43 Å². The van der Waals surface area contributed by atoms with E-state index in [-0.39, 0.29) is 5.56 Å². The molecule has 1 N–H and O–H groups in total. The van der Waals surface area contributed by atoms with E-state index in [0.717, 1.165) is 12.1 Å². The Morgan fingerprint density at radius 1 is 1.43 bits per heavy atom. The fraction of sp³-hybridized carbons (Fsp3) is 0.111. The topological polar surface area (TPSA) is 54.4 Å². The van der Waals surface area contributed by atoms with Gasteiger partial charge < -0.3 is 5.11 Å². The molecule has 0 heterocycles. The third-order valence-electron chi connectivity index (χ3n) is 1.68. The van der Waals surface area contributed by atoms with Gasteiger partial charge in [-0.15, -0.1) is 0 Å². The average molecular weight is 200 g/mol. The van der Waals surface area contributed by atoms with Crippen LogP contribution in [0.15, 0.2) is 18.2 Å². The number of carboxylic acids is 1. The minimum atomic E-state index is -2.90. The largest absolute Gasteiger partial charge is 0.478 e. The van der Waals surface area contributed by atoms with Crippen molar-refractivity contribution in [3.63, 3.8) is 0 Å². The lowest BCUT2D eigenvalue weighted by Gasteiger charge is -2.04. The number of carbonyl (C=O) groups is 2. The number of aromatic carboxylic acids is 1. The van der Waals surface area contributed by atoms with E-state index < -0.39 is 23.5 Å². The maximum Gasteiger partial charge on any atom is 0.336 e. The van der Waals surface area contributed by atoms with E-state index in [9.17, 15) is 18.4 Å². The van der Waals surface area contributed by atoms with E-state index in [2.05, 4.69) is 0 Å². The fourth-order valence-corrected chi connectivity index (χ4v) is 1.03. The summed E-state index contributed by atoms with van der Waals surface area (Å²) >= 11 is 0. The van der Waals surface area contributed by atoms with Crippen molar-refractivity contribution in [2.75, 3.05) is 0 Å². The minimum absolute atomic E-state index is 0.0327. The molecule has 0 aliphatic heterocycles. The molecule has 0 radical (unpaired) electrons. The van der Waals surface area contributed by atoms with Crippen LogP contribution in [0.25, 0.3) is 0 Å². The first kappa shape index (κ1) is 10.3. The van der Waals surface area contributed by atoms with E-state index in [1.807, 2.05) is 0 Å². The molecule has 0 spiro atoms. The molecule has 0 fully saturated rings. The number of carboxylic acid groups (broad SMARTS) is 1. The van der Waals surface area contributed by atoms with Crippen LogP contribution in [0, 0.1) is 0 Å². The van der Waals surface area contributed by atoms with Gasteiger partial charge in [-0.3, -0.25) is 4.79 Å². The first-order valence-corrected chi connectivity index (χ1v) is 3.67. The third kappa shape index (κ3) is 1.93. The normalized spacial score (nSPS) is 10.2. The Hall–Kier alpha value is -1.78. The van der Waals surface area contributed by atoms with Gasteiger partial charge in [0.1, 0.15) is 6.29 Å². The summed E-state index contributed by atoms with van der Waals surface area (Å²) in [5, 5.41) is 8.56. The van der Waals surface area contributed by atoms with Crippen LogP contribution in [0.4, 0.5) is 8.78 Å². The number of hydrogen-bond donors (Lipinski definition) is 1. The van der Waals surface area contributed by atoms with Crippen molar-refractivity contribution in [2.24, 2.45) is 0 Å². The van der Waals surface area contributed by atoms with E-state index >= 15 is 0 Å². The summed E-state index contributed by atoms with van der Waals surface area (Å²) in [6.07, 6.45) is -2.52. The van der Waals surface area contributed by atoms with Crippen molar-refractivity contribution in [1.29, 1.82) is 0 Å². The minimum Gasteiger partial charge on any atom is -0.478 e. The molecule has 1 aromatic rings. The van der Waals surface area contributed by atoms with Crippen LogP contribution in [0.3, 0.4) is 0 Å². The van der Waals surface area contributed by atoms with Gasteiger partial charge >= 0.3 is 5.97 Å². The number of hydrogen-bond acceptors (Lipinski definition) is 2. The second-order valence-corrected chi connectivity index (χ2v) is 2.57. The van der Waals surface area contributed by atoms with Gasteiger partial charge in [-0.05, 0) is 12.1 Å². The van der Waals surface area contributed by atoms with Crippen LogP contribution >= 0.6 is 0 Å². The number of benzene rings is 1. The van der Waals surface area contributed by atoms with Gasteiger partial charge in [-0.25, -0.2) is 13.6 Å². The van der Waals surface area contributed by atoms with Crippen molar-refractivity contribution in [1.82, 2.24) is 0 Å². The molecule has 1 aromatic carbocycles. The summed E-state index contributed by atoms with van der Waals surface area (Å²) in [6, 6.07) is 3.05. The molecule has 0 unspecified atom stereocenters. The molecule has 0 aromatic heterocycles. The van der Waals surface area contributed by atoms with E-state index in [0.29, 0.717) is 6.29 Å². The standard InChI is InChI=1S/C9H6F2O3/c10-8(11)7-3-5(4-12)1-2-6(7)9(13)14/h1-4,8H,(H,13,14). The predicted octanol–water partition coefficient (Wildman–Crippen LogP) is 2.13. The smallest absolute Gasteiger partial charge is 0.336 e. The maximum absolute atomic E-state index is 12.3. The molecule has 74 valence electrons.